The Kier molecular flexibility index (Phi) is 7.44. The molecule has 0 bridgehead atoms. The van der Waals surface area contributed by atoms with Crippen molar-refractivity contribution in [3.63, 3.8) is 0 Å². The SMILES string of the molecule is C/C=C/CCC1CCC2CC(c3cc(F)c(-c4ccc(C(F)(F)F)c(F)c4)c(F)c3)CCC2C1. The largest absolute Gasteiger partial charge is 0.419 e. The van der Waals surface area contributed by atoms with E-state index in [0.29, 0.717) is 29.5 Å². The van der Waals surface area contributed by atoms with Crippen LogP contribution in [0.4, 0.5) is 26.3 Å². The zero-order valence-electron chi connectivity index (χ0n) is 19.3. The predicted octanol–water partition coefficient (Wildman–Crippen LogP) is 9.45. The molecule has 0 spiro atoms. The van der Waals surface area contributed by atoms with Gasteiger partial charge in [0.1, 0.15) is 17.5 Å². The molecule has 4 rings (SSSR count). The fraction of sp³-hybridized carbons (Fsp3) is 0.500. The molecule has 0 nitrogen and oxygen atoms in total. The lowest BCUT2D eigenvalue weighted by molar-refractivity contribution is -0.139. The standard InChI is InChI=1S/C28H30F6/c1-2-3-4-5-17-6-7-19-13-20(9-8-18(19)12-17)22-15-25(30)27(26(31)16-22)21-10-11-23(24(29)14-21)28(32,33)34/h2-3,10-11,14-20H,4-9,12-13H2,1H3/b3-2+. The summed E-state index contributed by atoms with van der Waals surface area (Å²) >= 11 is 0. The Morgan fingerprint density at radius 1 is 0.853 bits per heavy atom. The lowest BCUT2D eigenvalue weighted by atomic mass is 9.63. The second-order valence-electron chi connectivity index (χ2n) is 9.91. The van der Waals surface area contributed by atoms with E-state index in [2.05, 4.69) is 12.2 Å². The highest BCUT2D eigenvalue weighted by molar-refractivity contribution is 5.66. The normalized spacial score (nSPS) is 25.5. The van der Waals surface area contributed by atoms with Crippen LogP contribution in [-0.2, 0) is 6.18 Å². The molecule has 4 unspecified atom stereocenters. The number of allylic oxidation sites excluding steroid dienone is 2. The summed E-state index contributed by atoms with van der Waals surface area (Å²) in [5.41, 5.74) is -1.61. The molecule has 2 aliphatic rings. The fourth-order valence-corrected chi connectivity index (χ4v) is 6.05. The van der Waals surface area contributed by atoms with E-state index in [-0.39, 0.29) is 11.5 Å². The summed E-state index contributed by atoms with van der Waals surface area (Å²) in [7, 11) is 0. The van der Waals surface area contributed by atoms with Crippen molar-refractivity contribution in [3.05, 3.63) is 71.1 Å². The molecular weight excluding hydrogens is 450 g/mol. The number of benzene rings is 2. The molecule has 4 atom stereocenters. The van der Waals surface area contributed by atoms with E-state index in [1.54, 1.807) is 0 Å². The molecule has 2 saturated carbocycles. The van der Waals surface area contributed by atoms with E-state index in [0.717, 1.165) is 44.1 Å². The summed E-state index contributed by atoms with van der Waals surface area (Å²) in [6.07, 6.45) is 8.18. The van der Waals surface area contributed by atoms with Crippen LogP contribution in [0, 0.1) is 35.2 Å². The number of rotatable bonds is 5. The first-order valence-corrected chi connectivity index (χ1v) is 12.1. The molecule has 0 N–H and O–H groups in total. The summed E-state index contributed by atoms with van der Waals surface area (Å²) in [6, 6.07) is 4.54. The number of hydrogen-bond acceptors (Lipinski definition) is 0. The quantitative estimate of drug-likeness (QED) is 0.295. The van der Waals surface area contributed by atoms with Crippen LogP contribution >= 0.6 is 0 Å². The lowest BCUT2D eigenvalue weighted by Gasteiger charge is -2.42. The number of fused-ring (bicyclic) bond motifs is 1. The number of halogens is 6. The van der Waals surface area contributed by atoms with Gasteiger partial charge in [0.15, 0.2) is 0 Å². The average molecular weight is 481 g/mol. The summed E-state index contributed by atoms with van der Waals surface area (Å²) < 4.78 is 82.3. The highest BCUT2D eigenvalue weighted by Gasteiger charge is 2.37. The third-order valence-electron chi connectivity index (χ3n) is 7.80. The van der Waals surface area contributed by atoms with Gasteiger partial charge < -0.3 is 0 Å². The minimum Gasteiger partial charge on any atom is -0.206 e. The highest BCUT2D eigenvalue weighted by Crippen LogP contribution is 2.49. The van der Waals surface area contributed by atoms with E-state index in [9.17, 15) is 26.3 Å². The molecule has 2 fully saturated rings. The van der Waals surface area contributed by atoms with Gasteiger partial charge in [-0.05, 0) is 111 Å². The average Bonchev–Trinajstić information content (AvgIpc) is 2.77. The molecule has 0 heterocycles. The predicted molar refractivity (Wildman–Crippen MR) is 122 cm³/mol. The van der Waals surface area contributed by atoms with Crippen LogP contribution in [0.25, 0.3) is 11.1 Å². The molecule has 2 aromatic rings. The molecule has 0 aromatic heterocycles. The van der Waals surface area contributed by atoms with Crippen molar-refractivity contribution in [1.82, 2.24) is 0 Å². The molecule has 2 aromatic carbocycles. The smallest absolute Gasteiger partial charge is 0.206 e. The van der Waals surface area contributed by atoms with Gasteiger partial charge in [0.05, 0.1) is 11.1 Å². The van der Waals surface area contributed by atoms with Gasteiger partial charge >= 0.3 is 6.18 Å². The zero-order valence-corrected chi connectivity index (χ0v) is 19.3. The van der Waals surface area contributed by atoms with E-state index >= 15 is 0 Å². The first kappa shape index (κ1) is 24.9. The Morgan fingerprint density at radius 3 is 2.18 bits per heavy atom. The Bertz CT molecular complexity index is 1010. The van der Waals surface area contributed by atoms with E-state index in [4.69, 9.17) is 0 Å². The van der Waals surface area contributed by atoms with Gasteiger partial charge in [-0.1, -0.05) is 24.6 Å². The summed E-state index contributed by atoms with van der Waals surface area (Å²) in [6.45, 7) is 2.04. The first-order chi connectivity index (χ1) is 16.2. The van der Waals surface area contributed by atoms with Gasteiger partial charge in [0.25, 0.3) is 0 Å². The number of alkyl halides is 3. The molecule has 0 aliphatic heterocycles. The molecule has 0 saturated heterocycles. The maximum absolute atomic E-state index is 15.0. The van der Waals surface area contributed by atoms with Crippen molar-refractivity contribution >= 4 is 0 Å². The third-order valence-corrected chi connectivity index (χ3v) is 7.80. The Morgan fingerprint density at radius 2 is 1.53 bits per heavy atom. The van der Waals surface area contributed by atoms with E-state index in [1.807, 2.05) is 6.92 Å². The minimum absolute atomic E-state index is 0.0585. The third kappa shape index (κ3) is 5.36. The van der Waals surface area contributed by atoms with Crippen LogP contribution in [0.1, 0.15) is 75.3 Å². The molecule has 0 radical (unpaired) electrons. The topological polar surface area (TPSA) is 0 Å². The second-order valence-corrected chi connectivity index (χ2v) is 9.91. The van der Waals surface area contributed by atoms with E-state index in [1.165, 1.54) is 31.4 Å². The maximum atomic E-state index is 15.0. The van der Waals surface area contributed by atoms with Crippen LogP contribution in [0.5, 0.6) is 0 Å². The summed E-state index contributed by atoms with van der Waals surface area (Å²) in [5, 5.41) is 0. The highest BCUT2D eigenvalue weighted by atomic mass is 19.4. The van der Waals surface area contributed by atoms with Crippen molar-refractivity contribution in [1.29, 1.82) is 0 Å². The van der Waals surface area contributed by atoms with Gasteiger partial charge in [-0.2, -0.15) is 13.2 Å². The summed E-state index contributed by atoms with van der Waals surface area (Å²) in [5.74, 6) is -1.24. The van der Waals surface area contributed by atoms with Gasteiger partial charge in [0.2, 0.25) is 0 Å². The van der Waals surface area contributed by atoms with Gasteiger partial charge in [-0.15, -0.1) is 0 Å². The van der Waals surface area contributed by atoms with Gasteiger partial charge in [-0.25, -0.2) is 13.2 Å². The molecule has 6 heteroatoms. The van der Waals surface area contributed by atoms with Crippen molar-refractivity contribution in [2.45, 2.75) is 70.4 Å². The fourth-order valence-electron chi connectivity index (χ4n) is 6.05. The van der Waals surface area contributed by atoms with Crippen LogP contribution in [-0.4, -0.2) is 0 Å². The van der Waals surface area contributed by atoms with Gasteiger partial charge in [0, 0.05) is 0 Å². The molecule has 184 valence electrons. The summed E-state index contributed by atoms with van der Waals surface area (Å²) in [4.78, 5) is 0. The lowest BCUT2D eigenvalue weighted by Crippen LogP contribution is -2.30. The van der Waals surface area contributed by atoms with Crippen LogP contribution in [0.2, 0.25) is 0 Å². The monoisotopic (exact) mass is 480 g/mol. The van der Waals surface area contributed by atoms with Crippen molar-refractivity contribution in [2.24, 2.45) is 17.8 Å². The van der Waals surface area contributed by atoms with Gasteiger partial charge in [-0.3, -0.25) is 0 Å². The van der Waals surface area contributed by atoms with Crippen molar-refractivity contribution < 1.29 is 26.3 Å². The Labute approximate surface area is 197 Å². The van der Waals surface area contributed by atoms with E-state index < -0.39 is 34.8 Å². The van der Waals surface area contributed by atoms with Crippen molar-refractivity contribution in [2.75, 3.05) is 0 Å². The van der Waals surface area contributed by atoms with Crippen LogP contribution in [0.3, 0.4) is 0 Å². The molecule has 2 aliphatic carbocycles. The van der Waals surface area contributed by atoms with Crippen LogP contribution < -0.4 is 0 Å². The second kappa shape index (κ2) is 10.2. The van der Waals surface area contributed by atoms with Crippen LogP contribution in [0.15, 0.2) is 42.5 Å². The molecule has 0 amide bonds. The molecule has 34 heavy (non-hydrogen) atoms. The molecular formula is C28H30F6. The minimum atomic E-state index is -4.87. The van der Waals surface area contributed by atoms with Crippen molar-refractivity contribution in [3.8, 4) is 11.1 Å². The maximum Gasteiger partial charge on any atom is 0.419 e. The zero-order chi connectivity index (χ0) is 24.5. The Hall–Kier alpha value is -2.24. The Balaban J connectivity index is 1.48. The number of hydrogen-bond donors (Lipinski definition) is 0. The first-order valence-electron chi connectivity index (χ1n) is 12.1.